The van der Waals surface area contributed by atoms with E-state index in [9.17, 15) is 14.7 Å². The zero-order chi connectivity index (χ0) is 26.3. The van der Waals surface area contributed by atoms with E-state index in [-0.39, 0.29) is 6.03 Å². The van der Waals surface area contributed by atoms with Gasteiger partial charge in [0.2, 0.25) is 0 Å². The molecule has 1 aliphatic carbocycles. The molecular weight excluding hydrogens is 520 g/mol. The number of hydrogen-bond acceptors (Lipinski definition) is 5. The van der Waals surface area contributed by atoms with E-state index < -0.39 is 11.4 Å². The van der Waals surface area contributed by atoms with Crippen LogP contribution < -0.4 is 10.6 Å². The number of anilines is 2. The molecule has 0 bridgehead atoms. The molecule has 0 spiro atoms. The minimum atomic E-state index is -0.758. The van der Waals surface area contributed by atoms with Crippen molar-refractivity contribution < 1.29 is 14.7 Å². The van der Waals surface area contributed by atoms with Gasteiger partial charge in [-0.1, -0.05) is 54.1 Å². The fourth-order valence-electron chi connectivity index (χ4n) is 4.55. The van der Waals surface area contributed by atoms with Crippen LogP contribution in [0.4, 0.5) is 16.2 Å². The molecule has 0 atom stereocenters. The van der Waals surface area contributed by atoms with Gasteiger partial charge >= 0.3 is 12.0 Å². The Morgan fingerprint density at radius 2 is 1.61 bits per heavy atom. The second kappa shape index (κ2) is 9.55. The smallest absolute Gasteiger partial charge is 0.323 e. The van der Waals surface area contributed by atoms with Crippen molar-refractivity contribution in [2.75, 3.05) is 10.6 Å². The standard InChI is InChI=1S/C29H21ClN4O3S/c30-20-2-1-3-22(14-20)34-28(37)33-21-10-6-18(7-11-21)24-26-25(32-16-31-24)23(15-38-26)17-4-8-19(9-5-17)29(12-13-29)27(35)36/h1-11,14-16H,12-13H2,(H,35,36)(H2,33,34,37). The van der Waals surface area contributed by atoms with Gasteiger partial charge in [-0.05, 0) is 54.3 Å². The number of hydrogen-bond donors (Lipinski definition) is 3. The molecule has 6 rings (SSSR count). The van der Waals surface area contributed by atoms with Crippen LogP contribution in [-0.2, 0) is 10.2 Å². The summed E-state index contributed by atoms with van der Waals surface area (Å²) in [6.45, 7) is 0. The summed E-state index contributed by atoms with van der Waals surface area (Å²) in [6, 6.07) is 21.8. The van der Waals surface area contributed by atoms with E-state index in [2.05, 4.69) is 26.0 Å². The Balaban J connectivity index is 1.22. The van der Waals surface area contributed by atoms with Crippen molar-refractivity contribution in [3.63, 3.8) is 0 Å². The van der Waals surface area contributed by atoms with Gasteiger partial charge in [-0.3, -0.25) is 4.79 Å². The van der Waals surface area contributed by atoms with Gasteiger partial charge in [0.15, 0.2) is 0 Å². The van der Waals surface area contributed by atoms with Gasteiger partial charge in [-0.25, -0.2) is 14.8 Å². The number of carbonyl (C=O) groups excluding carboxylic acids is 1. The number of carboxylic acids is 1. The number of carbonyl (C=O) groups is 2. The molecule has 3 aromatic carbocycles. The number of aromatic nitrogens is 2. The minimum absolute atomic E-state index is 0.366. The molecule has 1 fully saturated rings. The third-order valence-electron chi connectivity index (χ3n) is 6.76. The fourth-order valence-corrected chi connectivity index (χ4v) is 5.78. The van der Waals surface area contributed by atoms with Crippen LogP contribution in [0.1, 0.15) is 18.4 Å². The van der Waals surface area contributed by atoms with Crippen molar-refractivity contribution in [1.29, 1.82) is 0 Å². The summed E-state index contributed by atoms with van der Waals surface area (Å²) in [5.74, 6) is -0.758. The summed E-state index contributed by atoms with van der Waals surface area (Å²) in [6.07, 6.45) is 2.91. The van der Waals surface area contributed by atoms with E-state index in [1.165, 1.54) is 0 Å². The van der Waals surface area contributed by atoms with Crippen LogP contribution in [-0.4, -0.2) is 27.1 Å². The van der Waals surface area contributed by atoms with Crippen molar-refractivity contribution >= 4 is 56.5 Å². The number of rotatable bonds is 6. The molecule has 2 amide bonds. The molecule has 2 heterocycles. The summed E-state index contributed by atoms with van der Waals surface area (Å²) in [5.41, 5.74) is 5.88. The number of thiophene rings is 1. The topological polar surface area (TPSA) is 104 Å². The van der Waals surface area contributed by atoms with Crippen molar-refractivity contribution in [3.8, 4) is 22.4 Å². The van der Waals surface area contributed by atoms with Crippen molar-refractivity contribution in [2.24, 2.45) is 0 Å². The summed E-state index contributed by atoms with van der Waals surface area (Å²) in [5, 5.41) is 17.7. The van der Waals surface area contributed by atoms with Crippen molar-refractivity contribution in [3.05, 3.63) is 95.1 Å². The van der Waals surface area contributed by atoms with Crippen LogP contribution in [0.15, 0.2) is 84.5 Å². The zero-order valence-corrected chi connectivity index (χ0v) is 21.5. The van der Waals surface area contributed by atoms with Gasteiger partial charge < -0.3 is 15.7 Å². The second-order valence-corrected chi connectivity index (χ2v) is 10.5. The average Bonchev–Trinajstić information content (AvgIpc) is 3.62. The maximum Gasteiger partial charge on any atom is 0.323 e. The van der Waals surface area contributed by atoms with E-state index in [1.807, 2.05) is 48.5 Å². The van der Waals surface area contributed by atoms with Gasteiger partial charge in [0, 0.05) is 32.9 Å². The first-order valence-electron chi connectivity index (χ1n) is 11.9. The number of urea groups is 1. The van der Waals surface area contributed by atoms with E-state index in [0.717, 1.165) is 38.2 Å². The molecule has 3 N–H and O–H groups in total. The van der Waals surface area contributed by atoms with Crippen molar-refractivity contribution in [1.82, 2.24) is 9.97 Å². The highest BCUT2D eigenvalue weighted by Crippen LogP contribution is 2.49. The van der Waals surface area contributed by atoms with Gasteiger partial charge in [0.25, 0.3) is 0 Å². The lowest BCUT2D eigenvalue weighted by Gasteiger charge is -2.10. The largest absolute Gasteiger partial charge is 0.481 e. The molecule has 38 heavy (non-hydrogen) atoms. The molecule has 2 aromatic heterocycles. The van der Waals surface area contributed by atoms with Crippen molar-refractivity contribution in [2.45, 2.75) is 18.3 Å². The Kier molecular flexibility index (Phi) is 6.06. The minimum Gasteiger partial charge on any atom is -0.481 e. The molecule has 188 valence electrons. The predicted molar refractivity (Wildman–Crippen MR) is 151 cm³/mol. The third-order valence-corrected chi connectivity index (χ3v) is 7.97. The van der Waals surface area contributed by atoms with Crippen LogP contribution in [0, 0.1) is 0 Å². The Bertz CT molecular complexity index is 1680. The van der Waals surface area contributed by atoms with Gasteiger partial charge in [-0.2, -0.15) is 0 Å². The highest BCUT2D eigenvalue weighted by molar-refractivity contribution is 7.18. The van der Waals surface area contributed by atoms with E-state index >= 15 is 0 Å². The van der Waals surface area contributed by atoms with Crippen LogP contribution in [0.25, 0.3) is 32.6 Å². The Morgan fingerprint density at radius 3 is 2.29 bits per heavy atom. The lowest BCUT2D eigenvalue weighted by molar-refractivity contribution is -0.140. The maximum absolute atomic E-state index is 12.4. The third kappa shape index (κ3) is 4.49. The van der Waals surface area contributed by atoms with E-state index in [1.54, 1.807) is 41.9 Å². The molecule has 0 saturated heterocycles. The highest BCUT2D eigenvalue weighted by Gasteiger charge is 2.51. The lowest BCUT2D eigenvalue weighted by atomic mass is 9.94. The number of halogens is 1. The summed E-state index contributed by atoms with van der Waals surface area (Å²) < 4.78 is 0.954. The number of carboxylic acid groups (broad SMARTS) is 1. The second-order valence-electron chi connectivity index (χ2n) is 9.18. The molecule has 0 aliphatic heterocycles. The van der Waals surface area contributed by atoms with Crippen LogP contribution >= 0.6 is 22.9 Å². The number of aliphatic carboxylic acids is 1. The quantitative estimate of drug-likeness (QED) is 0.207. The first-order chi connectivity index (χ1) is 18.4. The Morgan fingerprint density at radius 1 is 0.895 bits per heavy atom. The molecule has 0 radical (unpaired) electrons. The van der Waals surface area contributed by atoms with Gasteiger partial charge in [-0.15, -0.1) is 11.3 Å². The molecule has 0 unspecified atom stereocenters. The zero-order valence-electron chi connectivity index (χ0n) is 19.9. The monoisotopic (exact) mass is 540 g/mol. The average molecular weight is 541 g/mol. The number of fused-ring (bicyclic) bond motifs is 1. The highest BCUT2D eigenvalue weighted by atomic mass is 35.5. The summed E-state index contributed by atoms with van der Waals surface area (Å²) in [4.78, 5) is 33.1. The summed E-state index contributed by atoms with van der Waals surface area (Å²) in [7, 11) is 0. The molecule has 9 heteroatoms. The normalized spacial score (nSPS) is 13.7. The van der Waals surface area contributed by atoms with Gasteiger partial charge in [0.05, 0.1) is 21.3 Å². The molecule has 1 aliphatic rings. The first kappa shape index (κ1) is 24.1. The first-order valence-corrected chi connectivity index (χ1v) is 13.2. The van der Waals surface area contributed by atoms with Crippen LogP contribution in [0.5, 0.6) is 0 Å². The molecular formula is C29H21ClN4O3S. The SMILES string of the molecule is O=C(Nc1ccc(-c2ncnc3c(-c4ccc(C5(C(=O)O)CC5)cc4)csc23)cc1)Nc1cccc(Cl)c1. The Labute approximate surface area is 227 Å². The number of benzene rings is 3. The van der Waals surface area contributed by atoms with E-state index in [0.29, 0.717) is 29.2 Å². The number of nitrogens with zero attached hydrogens (tertiary/aromatic N) is 2. The molecule has 1 saturated carbocycles. The van der Waals surface area contributed by atoms with Crippen LogP contribution in [0.3, 0.4) is 0 Å². The predicted octanol–water partition coefficient (Wildman–Crippen LogP) is 7.44. The summed E-state index contributed by atoms with van der Waals surface area (Å²) >= 11 is 7.54. The molecule has 7 nitrogen and oxygen atoms in total. The fraction of sp³-hybridized carbons (Fsp3) is 0.103. The lowest BCUT2D eigenvalue weighted by Crippen LogP contribution is -2.19. The Hall–Kier alpha value is -4.27. The number of amides is 2. The van der Waals surface area contributed by atoms with Gasteiger partial charge in [0.1, 0.15) is 6.33 Å². The van der Waals surface area contributed by atoms with E-state index in [4.69, 9.17) is 11.6 Å². The number of nitrogens with one attached hydrogen (secondary N) is 2. The maximum atomic E-state index is 12.4. The van der Waals surface area contributed by atoms with Crippen LogP contribution in [0.2, 0.25) is 5.02 Å². The molecule has 5 aromatic rings.